The van der Waals surface area contributed by atoms with Crippen LogP contribution in [0, 0.1) is 13.8 Å². The summed E-state index contributed by atoms with van der Waals surface area (Å²) in [6, 6.07) is 11.4. The Bertz CT molecular complexity index is 665. The molecule has 0 fully saturated rings. The largest absolute Gasteiger partial charge is 0.399 e. The lowest BCUT2D eigenvalue weighted by Crippen LogP contribution is -2.23. The molecule has 0 aliphatic rings. The van der Waals surface area contributed by atoms with Gasteiger partial charge in [0.2, 0.25) is 0 Å². The number of nitrogen functional groups attached to an aromatic ring is 1. The van der Waals surface area contributed by atoms with Gasteiger partial charge in [-0.2, -0.15) is 0 Å². The summed E-state index contributed by atoms with van der Waals surface area (Å²) in [6.07, 6.45) is 0. The number of carbonyl (C=O) groups excluding carboxylic acids is 1. The summed E-state index contributed by atoms with van der Waals surface area (Å²) in [6.45, 7) is 6.59. The topological polar surface area (TPSA) is 67.2 Å². The van der Waals surface area contributed by atoms with E-state index in [0.29, 0.717) is 17.8 Å². The quantitative estimate of drug-likeness (QED) is 0.754. The standard InChI is InChI=1S/C17H21N3O/c1-4-19-17(21)14-10-13(18)8-9-16(14)20-15-7-5-6-11(2)12(15)3/h5-10,20H,4,18H2,1-3H3,(H,19,21). The van der Waals surface area contributed by atoms with E-state index in [1.807, 2.05) is 25.1 Å². The van der Waals surface area contributed by atoms with Gasteiger partial charge in [0.1, 0.15) is 0 Å². The smallest absolute Gasteiger partial charge is 0.253 e. The second-order valence-electron chi connectivity index (χ2n) is 5.04. The summed E-state index contributed by atoms with van der Waals surface area (Å²) in [5.41, 5.74) is 11.0. The zero-order chi connectivity index (χ0) is 15.4. The van der Waals surface area contributed by atoms with Gasteiger partial charge in [-0.3, -0.25) is 4.79 Å². The summed E-state index contributed by atoms with van der Waals surface area (Å²) in [4.78, 5) is 12.2. The van der Waals surface area contributed by atoms with E-state index in [4.69, 9.17) is 5.73 Å². The second kappa shape index (κ2) is 6.31. The normalized spacial score (nSPS) is 10.2. The molecule has 0 spiro atoms. The van der Waals surface area contributed by atoms with Crippen molar-refractivity contribution in [1.82, 2.24) is 5.32 Å². The maximum Gasteiger partial charge on any atom is 0.253 e. The monoisotopic (exact) mass is 283 g/mol. The highest BCUT2D eigenvalue weighted by Crippen LogP contribution is 2.26. The van der Waals surface area contributed by atoms with Gasteiger partial charge in [0.05, 0.1) is 11.3 Å². The SMILES string of the molecule is CCNC(=O)c1cc(N)ccc1Nc1cccc(C)c1C. The van der Waals surface area contributed by atoms with E-state index in [1.54, 1.807) is 12.1 Å². The van der Waals surface area contributed by atoms with Crippen LogP contribution in [-0.4, -0.2) is 12.5 Å². The van der Waals surface area contributed by atoms with Crippen LogP contribution in [0.5, 0.6) is 0 Å². The number of nitrogens with one attached hydrogen (secondary N) is 2. The molecule has 0 saturated carbocycles. The van der Waals surface area contributed by atoms with Gasteiger partial charge >= 0.3 is 0 Å². The second-order valence-corrected chi connectivity index (χ2v) is 5.04. The van der Waals surface area contributed by atoms with Crippen LogP contribution in [0.3, 0.4) is 0 Å². The molecule has 0 aromatic heterocycles. The van der Waals surface area contributed by atoms with E-state index in [2.05, 4.69) is 30.5 Å². The maximum absolute atomic E-state index is 12.2. The van der Waals surface area contributed by atoms with Crippen LogP contribution in [0.2, 0.25) is 0 Å². The molecule has 0 aliphatic heterocycles. The highest BCUT2D eigenvalue weighted by molar-refractivity contribution is 6.01. The molecule has 1 amide bonds. The summed E-state index contributed by atoms with van der Waals surface area (Å²) < 4.78 is 0. The number of carbonyl (C=O) groups is 1. The van der Waals surface area contributed by atoms with Crippen molar-refractivity contribution in [3.63, 3.8) is 0 Å². The van der Waals surface area contributed by atoms with Gasteiger partial charge in [-0.05, 0) is 56.2 Å². The Morgan fingerprint density at radius 3 is 2.62 bits per heavy atom. The molecular formula is C17H21N3O. The molecular weight excluding hydrogens is 262 g/mol. The van der Waals surface area contributed by atoms with Gasteiger partial charge in [0.25, 0.3) is 5.91 Å². The number of nitrogens with two attached hydrogens (primary N) is 1. The predicted molar refractivity (Wildman–Crippen MR) is 88.1 cm³/mol. The van der Waals surface area contributed by atoms with E-state index < -0.39 is 0 Å². The van der Waals surface area contributed by atoms with Crippen molar-refractivity contribution in [2.75, 3.05) is 17.6 Å². The predicted octanol–water partition coefficient (Wildman–Crippen LogP) is 3.38. The zero-order valence-corrected chi connectivity index (χ0v) is 12.7. The van der Waals surface area contributed by atoms with Crippen molar-refractivity contribution in [1.29, 1.82) is 0 Å². The first kappa shape index (κ1) is 14.9. The Balaban J connectivity index is 2.40. The molecule has 0 bridgehead atoms. The molecule has 21 heavy (non-hydrogen) atoms. The van der Waals surface area contributed by atoms with E-state index in [0.717, 1.165) is 16.9 Å². The van der Waals surface area contributed by atoms with Gasteiger partial charge < -0.3 is 16.4 Å². The van der Waals surface area contributed by atoms with E-state index >= 15 is 0 Å². The molecule has 4 N–H and O–H groups in total. The fraction of sp³-hybridized carbons (Fsp3) is 0.235. The van der Waals surface area contributed by atoms with Gasteiger partial charge in [0.15, 0.2) is 0 Å². The number of rotatable bonds is 4. The lowest BCUT2D eigenvalue weighted by molar-refractivity contribution is 0.0956. The maximum atomic E-state index is 12.2. The third kappa shape index (κ3) is 3.34. The van der Waals surface area contributed by atoms with Crippen molar-refractivity contribution < 1.29 is 4.79 Å². The van der Waals surface area contributed by atoms with E-state index in [9.17, 15) is 4.79 Å². The fourth-order valence-electron chi connectivity index (χ4n) is 2.15. The molecule has 2 aromatic rings. The van der Waals surface area contributed by atoms with Crippen molar-refractivity contribution in [3.05, 3.63) is 53.1 Å². The van der Waals surface area contributed by atoms with Gasteiger partial charge in [-0.25, -0.2) is 0 Å². The summed E-state index contributed by atoms with van der Waals surface area (Å²) in [7, 11) is 0. The van der Waals surface area contributed by atoms with Crippen molar-refractivity contribution in [3.8, 4) is 0 Å². The van der Waals surface area contributed by atoms with Crippen molar-refractivity contribution in [2.24, 2.45) is 0 Å². The number of hydrogen-bond donors (Lipinski definition) is 3. The third-order valence-corrected chi connectivity index (χ3v) is 3.50. The van der Waals surface area contributed by atoms with Crippen LogP contribution in [0.4, 0.5) is 17.1 Å². The number of hydrogen-bond acceptors (Lipinski definition) is 3. The Hall–Kier alpha value is -2.49. The highest BCUT2D eigenvalue weighted by Gasteiger charge is 2.12. The third-order valence-electron chi connectivity index (χ3n) is 3.50. The molecule has 0 heterocycles. The van der Waals surface area contributed by atoms with E-state index in [-0.39, 0.29) is 5.91 Å². The molecule has 2 aromatic carbocycles. The van der Waals surface area contributed by atoms with Crippen LogP contribution in [0.15, 0.2) is 36.4 Å². The molecule has 0 unspecified atom stereocenters. The molecule has 0 atom stereocenters. The van der Waals surface area contributed by atoms with Crippen LogP contribution >= 0.6 is 0 Å². The number of amides is 1. The summed E-state index contributed by atoms with van der Waals surface area (Å²) >= 11 is 0. The van der Waals surface area contributed by atoms with Gasteiger partial charge in [0, 0.05) is 17.9 Å². The summed E-state index contributed by atoms with van der Waals surface area (Å²) in [5.74, 6) is -0.127. The molecule has 0 radical (unpaired) electrons. The fourth-order valence-corrected chi connectivity index (χ4v) is 2.15. The molecule has 4 nitrogen and oxygen atoms in total. The Kier molecular flexibility index (Phi) is 4.48. The average molecular weight is 283 g/mol. The first-order valence-electron chi connectivity index (χ1n) is 7.04. The van der Waals surface area contributed by atoms with Crippen LogP contribution < -0.4 is 16.4 Å². The Labute approximate surface area is 125 Å². The highest BCUT2D eigenvalue weighted by atomic mass is 16.1. The van der Waals surface area contributed by atoms with Gasteiger partial charge in [-0.1, -0.05) is 12.1 Å². The number of aryl methyl sites for hydroxylation is 1. The molecule has 0 saturated heterocycles. The Morgan fingerprint density at radius 2 is 1.90 bits per heavy atom. The lowest BCUT2D eigenvalue weighted by atomic mass is 10.1. The van der Waals surface area contributed by atoms with Crippen LogP contribution in [-0.2, 0) is 0 Å². The minimum Gasteiger partial charge on any atom is -0.399 e. The first-order chi connectivity index (χ1) is 10.0. The number of benzene rings is 2. The van der Waals surface area contributed by atoms with Crippen molar-refractivity contribution in [2.45, 2.75) is 20.8 Å². The lowest BCUT2D eigenvalue weighted by Gasteiger charge is -2.15. The first-order valence-corrected chi connectivity index (χ1v) is 7.04. The molecule has 110 valence electrons. The van der Waals surface area contributed by atoms with E-state index in [1.165, 1.54) is 5.56 Å². The number of anilines is 3. The molecule has 4 heteroatoms. The Morgan fingerprint density at radius 1 is 1.14 bits per heavy atom. The zero-order valence-electron chi connectivity index (χ0n) is 12.7. The minimum atomic E-state index is -0.127. The molecule has 2 rings (SSSR count). The van der Waals surface area contributed by atoms with Crippen LogP contribution in [0.25, 0.3) is 0 Å². The minimum absolute atomic E-state index is 0.127. The van der Waals surface area contributed by atoms with Crippen LogP contribution in [0.1, 0.15) is 28.4 Å². The van der Waals surface area contributed by atoms with Gasteiger partial charge in [-0.15, -0.1) is 0 Å². The molecule has 0 aliphatic carbocycles. The average Bonchev–Trinajstić information content (AvgIpc) is 2.46. The summed E-state index contributed by atoms with van der Waals surface area (Å²) in [5, 5.41) is 6.14. The van der Waals surface area contributed by atoms with Crippen molar-refractivity contribution >= 4 is 23.0 Å².